The molecule has 0 radical (unpaired) electrons. The number of rotatable bonds is 16. The van der Waals surface area contributed by atoms with E-state index in [4.69, 9.17) is 4.74 Å². The average Bonchev–Trinajstić information content (AvgIpc) is 3.13. The molecule has 4 aromatic rings. The average molecular weight is 700 g/mol. The highest BCUT2D eigenvalue weighted by molar-refractivity contribution is 6.04. The summed E-state index contributed by atoms with van der Waals surface area (Å²) in [6, 6.07) is 22.8. The van der Waals surface area contributed by atoms with E-state index >= 15 is 0 Å². The van der Waals surface area contributed by atoms with Crippen LogP contribution in [-0.4, -0.2) is 65.0 Å². The van der Waals surface area contributed by atoms with Crippen LogP contribution in [-0.2, 0) is 25.6 Å². The number of nitrogens with zero attached hydrogens (tertiary/aromatic N) is 1. The third kappa shape index (κ3) is 9.19. The third-order valence-electron chi connectivity index (χ3n) is 8.49. The molecule has 0 bridgehead atoms. The zero-order valence-electron chi connectivity index (χ0n) is 27.2. The molecular weight excluding hydrogens is 664 g/mol. The van der Waals surface area contributed by atoms with Gasteiger partial charge in [-0.2, -0.15) is 0 Å². The summed E-state index contributed by atoms with van der Waals surface area (Å²) in [5.41, 5.74) is 2.22. The Morgan fingerprint density at radius 2 is 1.43 bits per heavy atom. The standard InChI is InChI=1S/C38H35F2N3O8/c39-26-10-6-24(7-11-26)33(45)19-18-30-35(43(37(30)48)28-14-12-27(40)13-15-28)25-8-16-29(17-9-25)51-22-34(46)41-31(20-23-4-2-1-3-5-23)36(47)42-32(21-44)38(49)50/h1-17,30-32,35,44H,18-22H2,(H,41,46)(H,42,47)(H,49,50)/t30?,31-,32+,35?/m1/s1. The van der Waals surface area contributed by atoms with Crippen molar-refractivity contribution in [3.63, 3.8) is 0 Å². The predicted octanol–water partition coefficient (Wildman–Crippen LogP) is 4.00. The van der Waals surface area contributed by atoms with Crippen molar-refractivity contribution in [1.82, 2.24) is 10.6 Å². The van der Waals surface area contributed by atoms with Gasteiger partial charge in [0.05, 0.1) is 18.6 Å². The number of halogens is 2. The Morgan fingerprint density at radius 3 is 2.04 bits per heavy atom. The number of ether oxygens (including phenoxy) is 1. The smallest absolute Gasteiger partial charge is 0.328 e. The molecule has 1 saturated heterocycles. The van der Waals surface area contributed by atoms with E-state index in [2.05, 4.69) is 10.6 Å². The number of aliphatic carboxylic acids is 1. The van der Waals surface area contributed by atoms with E-state index in [0.29, 0.717) is 28.1 Å². The monoisotopic (exact) mass is 699 g/mol. The lowest BCUT2D eigenvalue weighted by Crippen LogP contribution is -2.55. The molecule has 11 nitrogen and oxygen atoms in total. The lowest BCUT2D eigenvalue weighted by molar-refractivity contribution is -0.143. The molecule has 5 rings (SSSR count). The van der Waals surface area contributed by atoms with Crippen LogP contribution in [0.25, 0.3) is 0 Å². The summed E-state index contributed by atoms with van der Waals surface area (Å²) in [5.74, 6) is -4.57. The summed E-state index contributed by atoms with van der Waals surface area (Å²) in [6.45, 7) is -1.32. The fraction of sp³-hybridized carbons (Fsp3) is 0.237. The SMILES string of the molecule is O=C(COc1ccc(C2C(CCC(=O)c3ccc(F)cc3)C(=O)N2c2ccc(F)cc2)cc1)N[C@H](Cc1ccccc1)C(=O)N[C@@H](CO)C(=O)O. The van der Waals surface area contributed by atoms with Crippen molar-refractivity contribution in [2.24, 2.45) is 5.92 Å². The molecule has 2 unspecified atom stereocenters. The zero-order valence-corrected chi connectivity index (χ0v) is 27.2. The number of nitrogens with one attached hydrogen (secondary N) is 2. The molecule has 1 aliphatic rings. The first-order chi connectivity index (χ1) is 24.5. The number of ketones is 1. The normalized spacial score (nSPS) is 16.4. The second kappa shape index (κ2) is 16.6. The lowest BCUT2D eigenvalue weighted by Gasteiger charge is -2.47. The van der Waals surface area contributed by atoms with Crippen LogP contribution >= 0.6 is 0 Å². The Morgan fingerprint density at radius 1 is 0.804 bits per heavy atom. The maximum atomic E-state index is 13.7. The summed E-state index contributed by atoms with van der Waals surface area (Å²) in [5, 5.41) is 23.3. The first-order valence-electron chi connectivity index (χ1n) is 16.1. The molecule has 0 saturated carbocycles. The summed E-state index contributed by atoms with van der Waals surface area (Å²) in [4.78, 5) is 64.8. The van der Waals surface area contributed by atoms with Gasteiger partial charge in [-0.1, -0.05) is 42.5 Å². The molecular formula is C38H35F2N3O8. The van der Waals surface area contributed by atoms with Crippen molar-refractivity contribution in [3.05, 3.63) is 131 Å². The Hall–Kier alpha value is -5.95. The highest BCUT2D eigenvalue weighted by Gasteiger charge is 2.48. The number of benzene rings is 4. The molecule has 0 aromatic heterocycles. The molecule has 4 aromatic carbocycles. The van der Waals surface area contributed by atoms with Gasteiger partial charge in [-0.25, -0.2) is 13.6 Å². The summed E-state index contributed by atoms with van der Waals surface area (Å²) < 4.78 is 32.7. The molecule has 1 heterocycles. The maximum Gasteiger partial charge on any atom is 0.328 e. The van der Waals surface area contributed by atoms with Crippen LogP contribution in [0.5, 0.6) is 5.75 Å². The van der Waals surface area contributed by atoms with Crippen molar-refractivity contribution in [1.29, 1.82) is 0 Å². The summed E-state index contributed by atoms with van der Waals surface area (Å²) in [6.07, 6.45) is 0.317. The van der Waals surface area contributed by atoms with Crippen LogP contribution in [0.1, 0.15) is 40.4 Å². The van der Waals surface area contributed by atoms with Gasteiger partial charge in [0.15, 0.2) is 12.4 Å². The van der Waals surface area contributed by atoms with Crippen molar-refractivity contribution in [3.8, 4) is 5.75 Å². The van der Waals surface area contributed by atoms with E-state index in [1.54, 1.807) is 54.6 Å². The zero-order chi connectivity index (χ0) is 36.5. The van der Waals surface area contributed by atoms with Gasteiger partial charge < -0.3 is 30.5 Å². The lowest BCUT2D eigenvalue weighted by atomic mass is 9.78. The number of anilines is 1. The van der Waals surface area contributed by atoms with E-state index in [9.17, 15) is 43.0 Å². The molecule has 0 spiro atoms. The van der Waals surface area contributed by atoms with E-state index in [1.165, 1.54) is 53.4 Å². The van der Waals surface area contributed by atoms with E-state index in [1.807, 2.05) is 0 Å². The van der Waals surface area contributed by atoms with Gasteiger partial charge in [0, 0.05) is 24.1 Å². The van der Waals surface area contributed by atoms with Gasteiger partial charge in [0.2, 0.25) is 11.8 Å². The topological polar surface area (TPSA) is 162 Å². The number of Topliss-reactive ketones (excluding diaryl/α,β-unsaturated/α-hetero) is 1. The quantitative estimate of drug-likeness (QED) is 0.101. The molecule has 51 heavy (non-hydrogen) atoms. The molecule has 3 amide bonds. The van der Waals surface area contributed by atoms with E-state index in [0.717, 1.165) is 0 Å². The second-order valence-corrected chi connectivity index (χ2v) is 12.0. The van der Waals surface area contributed by atoms with Gasteiger partial charge >= 0.3 is 5.97 Å². The van der Waals surface area contributed by atoms with Gasteiger partial charge in [-0.3, -0.25) is 19.2 Å². The number of aliphatic hydroxyl groups excluding tert-OH is 1. The number of carboxylic acid groups (broad SMARTS) is 1. The van der Waals surface area contributed by atoms with Crippen LogP contribution in [0.3, 0.4) is 0 Å². The number of β-lactam (4-membered cyclic amide) rings is 1. The van der Waals surface area contributed by atoms with Crippen molar-refractivity contribution in [2.45, 2.75) is 37.4 Å². The maximum absolute atomic E-state index is 13.7. The molecule has 0 aliphatic carbocycles. The van der Waals surface area contributed by atoms with Crippen LogP contribution in [0.4, 0.5) is 14.5 Å². The molecule has 4 N–H and O–H groups in total. The van der Waals surface area contributed by atoms with Gasteiger partial charge in [-0.05, 0) is 78.2 Å². The second-order valence-electron chi connectivity index (χ2n) is 12.0. The van der Waals surface area contributed by atoms with Crippen LogP contribution in [0.15, 0.2) is 103 Å². The first kappa shape index (κ1) is 36.3. The minimum Gasteiger partial charge on any atom is -0.484 e. The number of aliphatic hydroxyl groups is 1. The molecule has 1 fully saturated rings. The van der Waals surface area contributed by atoms with E-state index < -0.39 is 66.7 Å². The van der Waals surface area contributed by atoms with Crippen LogP contribution in [0.2, 0.25) is 0 Å². The number of carboxylic acids is 1. The fourth-order valence-corrected chi connectivity index (χ4v) is 5.83. The Labute approximate surface area is 291 Å². The van der Waals surface area contributed by atoms with Crippen molar-refractivity contribution < 1.29 is 47.7 Å². The Bertz CT molecular complexity index is 1860. The van der Waals surface area contributed by atoms with Gasteiger partial charge in [0.25, 0.3) is 5.91 Å². The predicted molar refractivity (Wildman–Crippen MR) is 181 cm³/mol. The molecule has 13 heteroatoms. The number of carbonyl (C=O) groups excluding carboxylic acids is 4. The Balaban J connectivity index is 1.25. The Kier molecular flexibility index (Phi) is 11.9. The number of hydrogen-bond acceptors (Lipinski definition) is 7. The summed E-state index contributed by atoms with van der Waals surface area (Å²) in [7, 11) is 0. The number of amides is 3. The minimum atomic E-state index is -1.55. The number of carbonyl (C=O) groups is 5. The summed E-state index contributed by atoms with van der Waals surface area (Å²) >= 11 is 0. The molecule has 1 aliphatic heterocycles. The highest BCUT2D eigenvalue weighted by Crippen LogP contribution is 2.46. The van der Waals surface area contributed by atoms with Gasteiger partial charge in [0.1, 0.15) is 29.5 Å². The minimum absolute atomic E-state index is 0.0478. The largest absolute Gasteiger partial charge is 0.484 e. The van der Waals surface area contributed by atoms with E-state index in [-0.39, 0.29) is 31.0 Å². The first-order valence-corrected chi connectivity index (χ1v) is 16.1. The van der Waals surface area contributed by atoms with Crippen molar-refractivity contribution >= 4 is 35.2 Å². The van der Waals surface area contributed by atoms with Crippen molar-refractivity contribution in [2.75, 3.05) is 18.1 Å². The van der Waals surface area contributed by atoms with Gasteiger partial charge in [-0.15, -0.1) is 0 Å². The number of hydrogen-bond donors (Lipinski definition) is 4. The van der Waals surface area contributed by atoms with Crippen LogP contribution < -0.4 is 20.3 Å². The van der Waals surface area contributed by atoms with Crippen LogP contribution in [0, 0.1) is 17.6 Å². The fourth-order valence-electron chi connectivity index (χ4n) is 5.83. The third-order valence-corrected chi connectivity index (χ3v) is 8.49. The molecule has 4 atom stereocenters. The molecule has 264 valence electrons. The highest BCUT2D eigenvalue weighted by atomic mass is 19.1.